The Morgan fingerprint density at radius 3 is 2.33 bits per heavy atom. The zero-order valence-corrected chi connectivity index (χ0v) is 40.2. The molecule has 17 nitrogen and oxygen atoms in total. The normalized spacial score (nSPS) is 22.6. The zero-order chi connectivity index (χ0) is 50.1. The lowest BCUT2D eigenvalue weighted by Crippen LogP contribution is -2.62. The fraction of sp³-hybridized carbons (Fsp3) is 0.500. The number of nitrogens with one attached hydrogen (secondary N) is 3. The summed E-state index contributed by atoms with van der Waals surface area (Å²) in [7, 11) is 1.24. The van der Waals surface area contributed by atoms with Gasteiger partial charge in [-0.1, -0.05) is 37.1 Å². The smallest absolute Gasteiger partial charge is 0.453 e. The Hall–Kier alpha value is -6.86. The van der Waals surface area contributed by atoms with Crippen molar-refractivity contribution in [2.75, 3.05) is 50.1 Å². The third kappa shape index (κ3) is 10.8. The molecule has 4 aliphatic rings. The summed E-state index contributed by atoms with van der Waals surface area (Å²) in [6.45, 7) is 10.7. The van der Waals surface area contributed by atoms with Crippen molar-refractivity contribution in [3.05, 3.63) is 78.4 Å². The van der Waals surface area contributed by atoms with E-state index >= 15 is 0 Å². The molecule has 5 amide bonds. The van der Waals surface area contributed by atoms with E-state index in [-0.39, 0.29) is 47.6 Å². The summed E-state index contributed by atoms with van der Waals surface area (Å²) in [4.78, 5) is 85.5. The van der Waals surface area contributed by atoms with Gasteiger partial charge in [-0.2, -0.15) is 0 Å². The second kappa shape index (κ2) is 19.9. The van der Waals surface area contributed by atoms with Crippen LogP contribution in [0, 0.1) is 5.92 Å². The van der Waals surface area contributed by atoms with E-state index in [9.17, 15) is 37.1 Å². The van der Waals surface area contributed by atoms with Gasteiger partial charge < -0.3 is 44.5 Å². The maximum atomic E-state index is 13.9. The molecule has 5 atom stereocenters. The number of imidazole rings is 1. The number of aromatic nitrogens is 3. The maximum Gasteiger partial charge on any atom is 0.573 e. The molecule has 3 aliphatic heterocycles. The number of amides is 5. The fourth-order valence-electron chi connectivity index (χ4n) is 10.4. The summed E-state index contributed by atoms with van der Waals surface area (Å²) >= 11 is 0. The lowest BCUT2D eigenvalue weighted by atomic mass is 9.84. The first-order chi connectivity index (χ1) is 33.2. The molecule has 20 heteroatoms. The number of hydrogen-bond donors (Lipinski definition) is 3. The van der Waals surface area contributed by atoms with Crippen LogP contribution in [-0.4, -0.2) is 129 Å². The van der Waals surface area contributed by atoms with Gasteiger partial charge in [-0.15, -0.1) is 13.2 Å². The molecule has 3 N–H and O–H groups in total. The molecule has 1 aliphatic carbocycles. The third-order valence-corrected chi connectivity index (χ3v) is 13.8. The molecule has 0 unspecified atom stereocenters. The number of halogens is 3. The zero-order valence-electron chi connectivity index (χ0n) is 40.2. The number of carbonyl (C=O) groups excluding carboxylic acids is 5. The van der Waals surface area contributed by atoms with Crippen molar-refractivity contribution >= 4 is 41.4 Å². The first-order valence-corrected chi connectivity index (χ1v) is 23.7. The average Bonchev–Trinajstić information content (AvgIpc) is 4.08. The van der Waals surface area contributed by atoms with Gasteiger partial charge in [0.15, 0.2) is 0 Å². The average molecular weight is 972 g/mol. The van der Waals surface area contributed by atoms with Crippen LogP contribution in [0.4, 0.5) is 34.3 Å². The number of hydrogen-bond acceptors (Lipinski definition) is 11. The molecule has 1 saturated carbocycles. The highest BCUT2D eigenvalue weighted by Gasteiger charge is 2.50. The highest BCUT2D eigenvalue weighted by atomic mass is 19.4. The van der Waals surface area contributed by atoms with Crippen LogP contribution in [0.1, 0.15) is 102 Å². The number of H-pyrrole nitrogens is 1. The highest BCUT2D eigenvalue weighted by Crippen LogP contribution is 2.46. The number of alkyl halides is 3. The Morgan fingerprint density at radius 2 is 1.64 bits per heavy atom. The standard InChI is InChI=1S/C50H60F3N9O8/c1-30-29-59(45(65)49(5)20-9-21-61(49)47(67)70-48(2,3)4)22-23-60(30)41-19-17-35(26-54-41)57-44(64)34-16-18-36(40(25-34)69-50(51,52)53)31-12-14-32(15-13-31)37-27-55-43(58-37)39-24-33-10-7-8-11-38(33)62(39)42(63)28-56-46(66)68-6/h12-19,25-27,30,33,38-39H,7-11,20-24,28-29H2,1-6H3,(H,55,58)(H,56,66)(H,57,64)/t30-,33+,38+,39+,49+/m1/s1. The molecular formula is C50H60F3N9O8. The molecule has 8 rings (SSSR count). The Kier molecular flexibility index (Phi) is 14.1. The number of aromatic amines is 1. The predicted octanol–water partition coefficient (Wildman–Crippen LogP) is 8.30. The first-order valence-electron chi connectivity index (χ1n) is 23.7. The molecule has 4 fully saturated rings. The molecule has 0 spiro atoms. The summed E-state index contributed by atoms with van der Waals surface area (Å²) in [6.07, 6.45) is 2.77. The highest BCUT2D eigenvalue weighted by molar-refractivity contribution is 6.05. The van der Waals surface area contributed by atoms with E-state index in [4.69, 9.17) is 4.74 Å². The number of alkyl carbamates (subject to hydrolysis) is 1. The van der Waals surface area contributed by atoms with E-state index in [1.807, 2.05) is 16.7 Å². The van der Waals surface area contributed by atoms with Crippen molar-refractivity contribution in [1.29, 1.82) is 0 Å². The van der Waals surface area contributed by atoms with Crippen LogP contribution in [-0.2, 0) is 19.1 Å². The quantitative estimate of drug-likeness (QED) is 0.139. The van der Waals surface area contributed by atoms with Gasteiger partial charge in [0, 0.05) is 49.4 Å². The predicted molar refractivity (Wildman–Crippen MR) is 253 cm³/mol. The Balaban J connectivity index is 0.912. The first kappa shape index (κ1) is 49.6. The molecule has 3 saturated heterocycles. The van der Waals surface area contributed by atoms with Gasteiger partial charge in [0.2, 0.25) is 11.8 Å². The lowest BCUT2D eigenvalue weighted by molar-refractivity contribution is -0.274. The minimum atomic E-state index is -5.05. The molecule has 5 heterocycles. The van der Waals surface area contributed by atoms with E-state index in [0.29, 0.717) is 79.1 Å². The van der Waals surface area contributed by atoms with Crippen LogP contribution >= 0.6 is 0 Å². The van der Waals surface area contributed by atoms with Gasteiger partial charge in [0.05, 0.1) is 36.9 Å². The molecule has 0 radical (unpaired) electrons. The fourth-order valence-corrected chi connectivity index (χ4v) is 10.4. The molecular weight excluding hydrogens is 912 g/mol. The molecule has 0 bridgehead atoms. The molecule has 374 valence electrons. The Bertz CT molecular complexity index is 2580. The van der Waals surface area contributed by atoms with Crippen LogP contribution in [0.3, 0.4) is 0 Å². The lowest BCUT2D eigenvalue weighted by Gasteiger charge is -2.44. The minimum absolute atomic E-state index is 0.0326. The number of piperazine rings is 1. The number of ether oxygens (including phenoxy) is 3. The minimum Gasteiger partial charge on any atom is -0.453 e. The second-order valence-corrected chi connectivity index (χ2v) is 19.7. The molecule has 2 aromatic carbocycles. The second-order valence-electron chi connectivity index (χ2n) is 19.7. The maximum absolute atomic E-state index is 13.9. The van der Waals surface area contributed by atoms with E-state index in [1.54, 1.807) is 80.1 Å². The van der Waals surface area contributed by atoms with Crippen molar-refractivity contribution in [3.63, 3.8) is 0 Å². The number of likely N-dealkylation sites (tertiary alicyclic amines) is 2. The summed E-state index contributed by atoms with van der Waals surface area (Å²) in [6, 6.07) is 13.6. The van der Waals surface area contributed by atoms with Crippen LogP contribution in [0.15, 0.2) is 67.0 Å². The summed E-state index contributed by atoms with van der Waals surface area (Å²) in [5.74, 6) is -0.0773. The number of pyridine rings is 1. The number of nitrogens with zero attached hydrogens (tertiary/aromatic N) is 6. The van der Waals surface area contributed by atoms with Gasteiger partial charge in [0.1, 0.15) is 35.1 Å². The topological polar surface area (TPSA) is 192 Å². The van der Waals surface area contributed by atoms with Crippen molar-refractivity contribution < 1.29 is 51.4 Å². The van der Waals surface area contributed by atoms with E-state index < -0.39 is 41.3 Å². The number of benzene rings is 2. The molecule has 2 aromatic heterocycles. The number of anilines is 2. The summed E-state index contributed by atoms with van der Waals surface area (Å²) < 4.78 is 56.2. The summed E-state index contributed by atoms with van der Waals surface area (Å²) in [5.41, 5.74) is 0.377. The summed E-state index contributed by atoms with van der Waals surface area (Å²) in [5, 5.41) is 5.21. The Morgan fingerprint density at radius 1 is 0.900 bits per heavy atom. The monoisotopic (exact) mass is 971 g/mol. The Labute approximate surface area is 404 Å². The molecule has 70 heavy (non-hydrogen) atoms. The largest absolute Gasteiger partial charge is 0.573 e. The van der Waals surface area contributed by atoms with Crippen molar-refractivity contribution in [1.82, 2.24) is 35.0 Å². The van der Waals surface area contributed by atoms with E-state index in [0.717, 1.165) is 38.2 Å². The van der Waals surface area contributed by atoms with E-state index in [1.165, 1.54) is 25.4 Å². The van der Waals surface area contributed by atoms with Crippen LogP contribution in [0.25, 0.3) is 22.4 Å². The van der Waals surface area contributed by atoms with E-state index in [2.05, 4.69) is 35.1 Å². The SMILES string of the molecule is COC(=O)NCC(=O)N1[C@H](c2ncc(-c3ccc(-c4ccc(C(=O)Nc5ccc(N6CCN(C(=O)[C@]7(C)CCCN7C(=O)OC(C)(C)C)C[C@H]6C)nc5)cc4OC(F)(F)F)cc3)[nH]2)C[C@@H]2CCCC[C@@H]21. The van der Waals surface area contributed by atoms with Crippen molar-refractivity contribution in [3.8, 4) is 28.1 Å². The van der Waals surface area contributed by atoms with Crippen LogP contribution < -0.4 is 20.3 Å². The van der Waals surface area contributed by atoms with Gasteiger partial charge in [0.25, 0.3) is 5.91 Å². The van der Waals surface area contributed by atoms with Gasteiger partial charge in [-0.3, -0.25) is 19.3 Å². The number of rotatable bonds is 10. The third-order valence-electron chi connectivity index (χ3n) is 13.8. The van der Waals surface area contributed by atoms with Gasteiger partial charge >= 0.3 is 18.5 Å². The number of carbonyl (C=O) groups is 5. The van der Waals surface area contributed by atoms with Crippen LogP contribution in [0.2, 0.25) is 0 Å². The van der Waals surface area contributed by atoms with Gasteiger partial charge in [-0.25, -0.2) is 19.6 Å². The van der Waals surface area contributed by atoms with Crippen molar-refractivity contribution in [2.45, 2.75) is 115 Å². The van der Waals surface area contributed by atoms with Gasteiger partial charge in [-0.05, 0) is 114 Å². The van der Waals surface area contributed by atoms with Crippen molar-refractivity contribution in [2.24, 2.45) is 5.92 Å². The molecule has 4 aromatic rings. The number of methoxy groups -OCH3 is 1. The number of fused-ring (bicyclic) bond motifs is 1. The van der Waals surface area contributed by atoms with Crippen LogP contribution in [0.5, 0.6) is 5.75 Å².